The second kappa shape index (κ2) is 6.13. The zero-order chi connectivity index (χ0) is 20.3. The molecule has 1 N–H and O–H groups in total. The molecule has 5 rings (SSSR count). The van der Waals surface area contributed by atoms with Crippen LogP contribution in [-0.4, -0.2) is 39.1 Å². The number of imide groups is 2. The predicted octanol–water partition coefficient (Wildman–Crippen LogP) is 2.25. The van der Waals surface area contributed by atoms with Crippen molar-refractivity contribution in [2.24, 2.45) is 7.05 Å². The number of benzene rings is 2. The highest BCUT2D eigenvalue weighted by Gasteiger charge is 2.45. The van der Waals surface area contributed by atoms with Crippen LogP contribution in [0.1, 0.15) is 33.6 Å². The molecular weight excluding hydrogens is 370 g/mol. The number of amides is 4. The van der Waals surface area contributed by atoms with Crippen molar-refractivity contribution >= 4 is 34.5 Å². The van der Waals surface area contributed by atoms with Crippen molar-refractivity contribution in [3.63, 3.8) is 0 Å². The summed E-state index contributed by atoms with van der Waals surface area (Å²) in [6, 6.07) is 12.1. The van der Waals surface area contributed by atoms with Crippen LogP contribution in [-0.2, 0) is 16.6 Å². The Balaban J connectivity index is 1.60. The highest BCUT2D eigenvalue weighted by Crippen LogP contribution is 2.35. The third-order valence-corrected chi connectivity index (χ3v) is 5.66. The van der Waals surface area contributed by atoms with E-state index in [9.17, 15) is 19.2 Å². The zero-order valence-electron chi connectivity index (χ0n) is 15.6. The quantitative estimate of drug-likeness (QED) is 0.683. The third-order valence-electron chi connectivity index (χ3n) is 5.66. The van der Waals surface area contributed by atoms with Crippen molar-refractivity contribution in [3.8, 4) is 11.1 Å². The van der Waals surface area contributed by atoms with Gasteiger partial charge < -0.3 is 4.57 Å². The van der Waals surface area contributed by atoms with Crippen LogP contribution in [0.3, 0.4) is 0 Å². The molecule has 3 heterocycles. The molecule has 2 aliphatic rings. The maximum Gasteiger partial charge on any atom is 0.262 e. The lowest BCUT2D eigenvalue weighted by molar-refractivity contribution is -0.136. The largest absolute Gasteiger partial charge is 0.351 e. The Morgan fingerprint density at radius 2 is 1.76 bits per heavy atom. The summed E-state index contributed by atoms with van der Waals surface area (Å²) in [7, 11) is 1.96. The van der Waals surface area contributed by atoms with Crippen LogP contribution >= 0.6 is 0 Å². The fraction of sp³-hybridized carbons (Fsp3) is 0.182. The fourth-order valence-electron chi connectivity index (χ4n) is 4.20. The minimum atomic E-state index is -0.968. The number of carbonyl (C=O) groups excluding carboxylic acids is 4. The Hall–Kier alpha value is -3.74. The molecule has 2 aliphatic heterocycles. The van der Waals surface area contributed by atoms with Crippen LogP contribution in [0.25, 0.3) is 22.0 Å². The molecule has 0 bridgehead atoms. The monoisotopic (exact) mass is 387 g/mol. The predicted molar refractivity (Wildman–Crippen MR) is 105 cm³/mol. The highest BCUT2D eigenvalue weighted by atomic mass is 16.2. The summed E-state index contributed by atoms with van der Waals surface area (Å²) < 4.78 is 2.01. The lowest BCUT2D eigenvalue weighted by atomic mass is 9.96. The summed E-state index contributed by atoms with van der Waals surface area (Å²) >= 11 is 0. The number of hydrogen-bond donors (Lipinski definition) is 1. The van der Waals surface area contributed by atoms with Crippen molar-refractivity contribution in [2.45, 2.75) is 18.9 Å². The normalized spacial score (nSPS) is 19.1. The van der Waals surface area contributed by atoms with Gasteiger partial charge in [-0.15, -0.1) is 0 Å². The Morgan fingerprint density at radius 1 is 0.966 bits per heavy atom. The smallest absolute Gasteiger partial charge is 0.262 e. The number of aromatic nitrogens is 1. The number of hydrogen-bond acceptors (Lipinski definition) is 4. The first-order valence-corrected chi connectivity index (χ1v) is 9.36. The van der Waals surface area contributed by atoms with E-state index in [-0.39, 0.29) is 24.3 Å². The van der Waals surface area contributed by atoms with Gasteiger partial charge in [0.25, 0.3) is 11.8 Å². The van der Waals surface area contributed by atoms with E-state index in [0.29, 0.717) is 11.1 Å². The molecule has 1 unspecified atom stereocenters. The van der Waals surface area contributed by atoms with E-state index >= 15 is 0 Å². The van der Waals surface area contributed by atoms with E-state index in [0.717, 1.165) is 21.4 Å². The van der Waals surface area contributed by atoms with Gasteiger partial charge in [0.1, 0.15) is 6.04 Å². The molecule has 7 heteroatoms. The van der Waals surface area contributed by atoms with Crippen LogP contribution in [0, 0.1) is 0 Å². The number of carbonyl (C=O) groups is 4. The van der Waals surface area contributed by atoms with Crippen molar-refractivity contribution in [2.75, 3.05) is 0 Å². The van der Waals surface area contributed by atoms with Gasteiger partial charge in [-0.1, -0.05) is 18.2 Å². The standard InChI is InChI=1S/C22H17N3O4/c1-24-10-9-13-11-12(5-6-16(13)24)14-3-2-4-15-19(14)22(29)25(21(15)28)17-7-8-18(26)23-20(17)27/h2-6,9-11,17H,7-8H2,1H3,(H,23,26,27). The molecule has 1 atom stereocenters. The SMILES string of the molecule is Cn1ccc2cc(-c3cccc4c3C(=O)N(C3CCC(=O)NC3=O)C4=O)ccc21. The summed E-state index contributed by atoms with van der Waals surface area (Å²) in [4.78, 5) is 50.9. The highest BCUT2D eigenvalue weighted by molar-refractivity contribution is 6.25. The molecule has 1 aromatic heterocycles. The first-order valence-electron chi connectivity index (χ1n) is 9.36. The van der Waals surface area contributed by atoms with Gasteiger partial charge >= 0.3 is 0 Å². The van der Waals surface area contributed by atoms with E-state index in [1.54, 1.807) is 12.1 Å². The van der Waals surface area contributed by atoms with Gasteiger partial charge in [-0.05, 0) is 41.8 Å². The fourth-order valence-corrected chi connectivity index (χ4v) is 4.20. The number of aryl methyl sites for hydroxylation is 1. The van der Waals surface area contributed by atoms with Crippen molar-refractivity contribution in [1.29, 1.82) is 0 Å². The van der Waals surface area contributed by atoms with Gasteiger partial charge in [0.15, 0.2) is 0 Å². The van der Waals surface area contributed by atoms with Crippen LogP contribution < -0.4 is 5.32 Å². The molecule has 3 aromatic rings. The average Bonchev–Trinajstić information content (AvgIpc) is 3.20. The maximum absolute atomic E-state index is 13.2. The van der Waals surface area contributed by atoms with Crippen molar-refractivity contribution in [3.05, 3.63) is 59.8 Å². The number of rotatable bonds is 2. The van der Waals surface area contributed by atoms with Gasteiger partial charge in [-0.2, -0.15) is 0 Å². The van der Waals surface area contributed by atoms with E-state index < -0.39 is 23.8 Å². The molecule has 1 saturated heterocycles. The summed E-state index contributed by atoms with van der Waals surface area (Å²) in [5.74, 6) is -1.99. The number of nitrogens with zero attached hydrogens (tertiary/aromatic N) is 2. The van der Waals surface area contributed by atoms with Gasteiger partial charge in [0.05, 0.1) is 11.1 Å². The van der Waals surface area contributed by atoms with Gasteiger partial charge in [0, 0.05) is 30.6 Å². The molecule has 1 fully saturated rings. The van der Waals surface area contributed by atoms with E-state index in [1.165, 1.54) is 0 Å². The van der Waals surface area contributed by atoms with E-state index in [2.05, 4.69) is 5.32 Å². The second-order valence-electron chi connectivity index (χ2n) is 7.38. The zero-order valence-corrected chi connectivity index (χ0v) is 15.6. The molecule has 0 spiro atoms. The summed E-state index contributed by atoms with van der Waals surface area (Å²) in [6.45, 7) is 0. The second-order valence-corrected chi connectivity index (χ2v) is 7.38. The number of fused-ring (bicyclic) bond motifs is 2. The van der Waals surface area contributed by atoms with Crippen molar-refractivity contribution < 1.29 is 19.2 Å². The third kappa shape index (κ3) is 2.51. The average molecular weight is 387 g/mol. The van der Waals surface area contributed by atoms with E-state index in [4.69, 9.17) is 0 Å². The van der Waals surface area contributed by atoms with Crippen LogP contribution in [0.15, 0.2) is 48.7 Å². The number of piperidine rings is 1. The Labute approximate surface area is 165 Å². The lowest BCUT2D eigenvalue weighted by Gasteiger charge is -2.27. The molecule has 4 amide bonds. The summed E-state index contributed by atoms with van der Waals surface area (Å²) in [5, 5.41) is 3.25. The molecule has 29 heavy (non-hydrogen) atoms. The number of nitrogens with one attached hydrogen (secondary N) is 1. The first-order chi connectivity index (χ1) is 14.0. The summed E-state index contributed by atoms with van der Waals surface area (Å²) in [6.07, 6.45) is 2.20. The molecule has 0 radical (unpaired) electrons. The topological polar surface area (TPSA) is 88.5 Å². The first kappa shape index (κ1) is 17.4. The molecule has 7 nitrogen and oxygen atoms in total. The molecule has 144 valence electrons. The molecule has 2 aromatic carbocycles. The van der Waals surface area contributed by atoms with E-state index in [1.807, 2.05) is 48.1 Å². The minimum absolute atomic E-state index is 0.0986. The van der Waals surface area contributed by atoms with Gasteiger partial charge in [-0.25, -0.2) is 0 Å². The van der Waals surface area contributed by atoms with Crippen LogP contribution in [0.4, 0.5) is 0 Å². The van der Waals surface area contributed by atoms with Crippen molar-refractivity contribution in [1.82, 2.24) is 14.8 Å². The molecule has 0 aliphatic carbocycles. The summed E-state index contributed by atoms with van der Waals surface area (Å²) in [5.41, 5.74) is 3.13. The molecular formula is C22H17N3O4. The Morgan fingerprint density at radius 3 is 2.55 bits per heavy atom. The van der Waals surface area contributed by atoms with Crippen LogP contribution in [0.2, 0.25) is 0 Å². The lowest BCUT2D eigenvalue weighted by Crippen LogP contribution is -2.54. The van der Waals surface area contributed by atoms with Gasteiger partial charge in [-0.3, -0.25) is 29.4 Å². The van der Waals surface area contributed by atoms with Gasteiger partial charge in [0.2, 0.25) is 11.8 Å². The maximum atomic E-state index is 13.2. The Kier molecular flexibility index (Phi) is 3.67. The van der Waals surface area contributed by atoms with Crippen LogP contribution in [0.5, 0.6) is 0 Å². The Bertz CT molecular complexity index is 1240. The minimum Gasteiger partial charge on any atom is -0.351 e. The molecule has 0 saturated carbocycles.